The lowest BCUT2D eigenvalue weighted by Crippen LogP contribution is -2.15. The van der Waals surface area contributed by atoms with Gasteiger partial charge in [-0.1, -0.05) is 17.7 Å². The van der Waals surface area contributed by atoms with Crippen molar-refractivity contribution >= 4 is 34.8 Å². The van der Waals surface area contributed by atoms with Gasteiger partial charge < -0.3 is 15.4 Å². The summed E-state index contributed by atoms with van der Waals surface area (Å²) in [6.45, 7) is 5.72. The molecule has 25 heavy (non-hydrogen) atoms. The standard InChI is InChI=1S/C19H21ClN2O3/c1-12-4-6-16(10-13(12)2)25-9-8-19(24)22-15-5-7-17(20)18(11-15)21-14(3)23/h4-7,10-11H,8-9H2,1-3H3,(H,21,23)(H,22,24). The second kappa shape index (κ2) is 8.53. The number of anilines is 2. The Labute approximate surface area is 152 Å². The van der Waals surface area contributed by atoms with Gasteiger partial charge in [0.1, 0.15) is 5.75 Å². The number of benzene rings is 2. The number of halogens is 1. The summed E-state index contributed by atoms with van der Waals surface area (Å²) >= 11 is 6.00. The normalized spacial score (nSPS) is 10.2. The van der Waals surface area contributed by atoms with E-state index in [9.17, 15) is 9.59 Å². The largest absolute Gasteiger partial charge is 0.493 e. The zero-order chi connectivity index (χ0) is 18.4. The van der Waals surface area contributed by atoms with Crippen LogP contribution in [0.5, 0.6) is 5.75 Å². The van der Waals surface area contributed by atoms with Crippen LogP contribution in [0, 0.1) is 13.8 Å². The fourth-order valence-corrected chi connectivity index (χ4v) is 2.34. The molecule has 2 N–H and O–H groups in total. The molecule has 0 bridgehead atoms. The molecule has 0 unspecified atom stereocenters. The maximum absolute atomic E-state index is 12.0. The molecule has 132 valence electrons. The minimum atomic E-state index is -0.229. The first kappa shape index (κ1) is 18.8. The van der Waals surface area contributed by atoms with Crippen molar-refractivity contribution < 1.29 is 14.3 Å². The first-order valence-electron chi connectivity index (χ1n) is 7.92. The Bertz CT molecular complexity index is 790. The highest BCUT2D eigenvalue weighted by atomic mass is 35.5. The van der Waals surface area contributed by atoms with Crippen molar-refractivity contribution in [3.05, 3.63) is 52.5 Å². The zero-order valence-electron chi connectivity index (χ0n) is 14.5. The van der Waals surface area contributed by atoms with Crippen LogP contribution in [0.2, 0.25) is 5.02 Å². The molecule has 0 atom stereocenters. The Morgan fingerprint density at radius 3 is 2.48 bits per heavy atom. The molecule has 5 nitrogen and oxygen atoms in total. The Kier molecular flexibility index (Phi) is 6.42. The first-order chi connectivity index (χ1) is 11.8. The lowest BCUT2D eigenvalue weighted by Gasteiger charge is -2.11. The van der Waals surface area contributed by atoms with Crippen LogP contribution in [-0.4, -0.2) is 18.4 Å². The number of nitrogens with one attached hydrogen (secondary N) is 2. The van der Waals surface area contributed by atoms with Crippen LogP contribution in [-0.2, 0) is 9.59 Å². The van der Waals surface area contributed by atoms with Crippen LogP contribution in [0.3, 0.4) is 0 Å². The molecule has 0 aliphatic rings. The summed E-state index contributed by atoms with van der Waals surface area (Å²) in [6.07, 6.45) is 0.213. The van der Waals surface area contributed by atoms with Crippen molar-refractivity contribution in [1.82, 2.24) is 0 Å². The molecule has 0 saturated carbocycles. The van der Waals surface area contributed by atoms with E-state index < -0.39 is 0 Å². The van der Waals surface area contributed by atoms with Crippen LogP contribution in [0.15, 0.2) is 36.4 Å². The minimum Gasteiger partial charge on any atom is -0.493 e. The van der Waals surface area contributed by atoms with Crippen molar-refractivity contribution in [2.75, 3.05) is 17.2 Å². The quantitative estimate of drug-likeness (QED) is 0.806. The second-order valence-electron chi connectivity index (χ2n) is 5.77. The Hall–Kier alpha value is -2.53. The van der Waals surface area contributed by atoms with Crippen molar-refractivity contribution in [3.8, 4) is 5.75 Å². The molecule has 2 aromatic carbocycles. The Morgan fingerprint density at radius 1 is 1.04 bits per heavy atom. The van der Waals surface area contributed by atoms with Gasteiger partial charge in [0.15, 0.2) is 0 Å². The lowest BCUT2D eigenvalue weighted by molar-refractivity contribution is -0.116. The summed E-state index contributed by atoms with van der Waals surface area (Å²) in [5.74, 6) is 0.336. The summed E-state index contributed by atoms with van der Waals surface area (Å²) in [5.41, 5.74) is 3.36. The third-order valence-corrected chi connectivity index (χ3v) is 3.97. The van der Waals surface area contributed by atoms with E-state index in [1.54, 1.807) is 18.2 Å². The molecule has 0 heterocycles. The van der Waals surface area contributed by atoms with E-state index in [1.807, 2.05) is 32.0 Å². The van der Waals surface area contributed by atoms with Crippen LogP contribution in [0.25, 0.3) is 0 Å². The maximum Gasteiger partial charge on any atom is 0.227 e. The minimum absolute atomic E-state index is 0.181. The van der Waals surface area contributed by atoms with Gasteiger partial charge in [-0.2, -0.15) is 0 Å². The van der Waals surface area contributed by atoms with Gasteiger partial charge in [0, 0.05) is 12.6 Å². The predicted molar refractivity (Wildman–Crippen MR) is 100 cm³/mol. The van der Waals surface area contributed by atoms with E-state index in [-0.39, 0.29) is 24.8 Å². The van der Waals surface area contributed by atoms with E-state index in [0.717, 1.165) is 11.3 Å². The lowest BCUT2D eigenvalue weighted by atomic mass is 10.1. The predicted octanol–water partition coefficient (Wildman–Crippen LogP) is 4.32. The van der Waals surface area contributed by atoms with Gasteiger partial charge in [0.2, 0.25) is 11.8 Å². The number of hydrogen-bond acceptors (Lipinski definition) is 3. The van der Waals surface area contributed by atoms with Gasteiger partial charge in [-0.15, -0.1) is 0 Å². The summed E-state index contributed by atoms with van der Waals surface area (Å²) < 4.78 is 5.61. The molecule has 0 spiro atoms. The van der Waals surface area contributed by atoms with E-state index in [2.05, 4.69) is 10.6 Å². The third-order valence-electron chi connectivity index (χ3n) is 3.64. The van der Waals surface area contributed by atoms with Crippen molar-refractivity contribution in [2.45, 2.75) is 27.2 Å². The molecule has 0 radical (unpaired) electrons. The average Bonchev–Trinajstić information content (AvgIpc) is 2.53. The summed E-state index contributed by atoms with van der Waals surface area (Å²) in [7, 11) is 0. The molecule has 2 amide bonds. The van der Waals surface area contributed by atoms with Gasteiger partial charge in [0.25, 0.3) is 0 Å². The average molecular weight is 361 g/mol. The number of ether oxygens (including phenoxy) is 1. The molecule has 0 fully saturated rings. The number of aryl methyl sites for hydroxylation is 2. The number of carbonyl (C=O) groups excluding carboxylic acids is 2. The van der Waals surface area contributed by atoms with E-state index in [0.29, 0.717) is 16.4 Å². The van der Waals surface area contributed by atoms with Gasteiger partial charge in [-0.25, -0.2) is 0 Å². The second-order valence-corrected chi connectivity index (χ2v) is 6.18. The highest BCUT2D eigenvalue weighted by Gasteiger charge is 2.07. The van der Waals surface area contributed by atoms with Crippen LogP contribution < -0.4 is 15.4 Å². The SMILES string of the molecule is CC(=O)Nc1cc(NC(=O)CCOc2ccc(C)c(C)c2)ccc1Cl. The summed E-state index contributed by atoms with van der Waals surface area (Å²) in [6, 6.07) is 10.7. The maximum atomic E-state index is 12.0. The van der Waals surface area contributed by atoms with Crippen LogP contribution in [0.4, 0.5) is 11.4 Å². The molecule has 0 saturated heterocycles. The van der Waals surface area contributed by atoms with Gasteiger partial charge in [-0.05, 0) is 55.3 Å². The number of carbonyl (C=O) groups is 2. The van der Waals surface area contributed by atoms with Gasteiger partial charge in [-0.3, -0.25) is 9.59 Å². The number of rotatable bonds is 6. The molecular weight excluding hydrogens is 340 g/mol. The van der Waals surface area contributed by atoms with Gasteiger partial charge >= 0.3 is 0 Å². The monoisotopic (exact) mass is 360 g/mol. The third kappa shape index (κ3) is 5.80. The molecule has 6 heteroatoms. The molecule has 0 aliphatic carbocycles. The van der Waals surface area contributed by atoms with E-state index in [4.69, 9.17) is 16.3 Å². The van der Waals surface area contributed by atoms with Crippen LogP contribution >= 0.6 is 11.6 Å². The Balaban J connectivity index is 1.87. The van der Waals surface area contributed by atoms with Crippen molar-refractivity contribution in [3.63, 3.8) is 0 Å². The summed E-state index contributed by atoms with van der Waals surface area (Å²) in [5, 5.41) is 5.78. The number of amides is 2. The molecule has 2 aromatic rings. The smallest absolute Gasteiger partial charge is 0.227 e. The molecule has 0 aliphatic heterocycles. The Morgan fingerprint density at radius 2 is 1.80 bits per heavy atom. The van der Waals surface area contributed by atoms with Gasteiger partial charge in [0.05, 0.1) is 23.7 Å². The van der Waals surface area contributed by atoms with E-state index in [1.165, 1.54) is 12.5 Å². The molecule has 2 rings (SSSR count). The summed E-state index contributed by atoms with van der Waals surface area (Å²) in [4.78, 5) is 23.2. The van der Waals surface area contributed by atoms with E-state index >= 15 is 0 Å². The fourth-order valence-electron chi connectivity index (χ4n) is 2.18. The zero-order valence-corrected chi connectivity index (χ0v) is 15.2. The highest BCUT2D eigenvalue weighted by molar-refractivity contribution is 6.33. The topological polar surface area (TPSA) is 67.4 Å². The van der Waals surface area contributed by atoms with Crippen molar-refractivity contribution in [2.24, 2.45) is 0 Å². The van der Waals surface area contributed by atoms with Crippen LogP contribution in [0.1, 0.15) is 24.5 Å². The molecule has 0 aromatic heterocycles. The highest BCUT2D eigenvalue weighted by Crippen LogP contribution is 2.25. The first-order valence-corrected chi connectivity index (χ1v) is 8.30. The molecular formula is C19H21ClN2O3. The van der Waals surface area contributed by atoms with Crippen molar-refractivity contribution in [1.29, 1.82) is 0 Å². The number of hydrogen-bond donors (Lipinski definition) is 2. The fraction of sp³-hybridized carbons (Fsp3) is 0.263.